The van der Waals surface area contributed by atoms with Gasteiger partial charge in [0, 0.05) is 25.2 Å². The molecule has 1 fully saturated rings. The molecule has 13 heteroatoms. The number of methoxy groups -OCH3 is 1. The fourth-order valence-electron chi connectivity index (χ4n) is 4.83. The third-order valence-electron chi connectivity index (χ3n) is 6.83. The summed E-state index contributed by atoms with van der Waals surface area (Å²) in [5.74, 6) is -3.21. The number of nitrogens with zero attached hydrogens (tertiary/aromatic N) is 1. The lowest BCUT2D eigenvalue weighted by atomic mass is 9.83. The third-order valence-corrected chi connectivity index (χ3v) is 6.83. The Kier molecular flexibility index (Phi) is 11.7. The van der Waals surface area contributed by atoms with Gasteiger partial charge in [0.15, 0.2) is 6.29 Å². The molecular formula is C28H39NO12. The first kappa shape index (κ1) is 32.5. The van der Waals surface area contributed by atoms with Crippen LogP contribution in [0.25, 0.3) is 0 Å². The second-order valence-electron chi connectivity index (χ2n) is 10.1. The number of carboxylic acids is 1. The van der Waals surface area contributed by atoms with Crippen LogP contribution in [-0.4, -0.2) is 119 Å². The highest BCUT2D eigenvalue weighted by Gasteiger charge is 2.48. The van der Waals surface area contributed by atoms with Crippen molar-refractivity contribution >= 4 is 11.9 Å². The molecule has 0 saturated carbocycles. The summed E-state index contributed by atoms with van der Waals surface area (Å²) in [6.45, 7) is 7.14. The zero-order chi connectivity index (χ0) is 30.3. The van der Waals surface area contributed by atoms with Crippen LogP contribution in [-0.2, 0) is 33.3 Å². The summed E-state index contributed by atoms with van der Waals surface area (Å²) in [5.41, 5.74) is 0.791. The minimum absolute atomic E-state index is 0.0337. The van der Waals surface area contributed by atoms with Crippen molar-refractivity contribution < 1.29 is 58.8 Å². The maximum absolute atomic E-state index is 12.6. The Hall–Kier alpha value is -3.04. The number of β-amino-alcohol motifs (C(OH)–C–C–N with tert-alkyl or cyclic N) is 1. The highest BCUT2D eigenvalue weighted by molar-refractivity contribution is 5.90. The van der Waals surface area contributed by atoms with Crippen molar-refractivity contribution in [2.45, 2.75) is 56.9 Å². The smallest absolute Gasteiger partial charge is 0.337 e. The first-order valence-electron chi connectivity index (χ1n) is 13.2. The maximum Gasteiger partial charge on any atom is 0.337 e. The molecule has 0 bridgehead atoms. The Morgan fingerprint density at radius 1 is 1.22 bits per heavy atom. The van der Waals surface area contributed by atoms with Gasteiger partial charge in [-0.1, -0.05) is 18.2 Å². The van der Waals surface area contributed by atoms with E-state index in [9.17, 15) is 35.1 Å². The van der Waals surface area contributed by atoms with Gasteiger partial charge in [0.1, 0.15) is 24.4 Å². The van der Waals surface area contributed by atoms with E-state index < -0.39 is 67.4 Å². The first-order chi connectivity index (χ1) is 19.5. The van der Waals surface area contributed by atoms with Crippen molar-refractivity contribution in [3.63, 3.8) is 0 Å². The third kappa shape index (κ3) is 7.83. The molecule has 0 aromatic heterocycles. The number of ether oxygens (including phenoxy) is 5. The van der Waals surface area contributed by atoms with Crippen LogP contribution in [0.4, 0.5) is 0 Å². The van der Waals surface area contributed by atoms with Crippen LogP contribution in [0, 0.1) is 11.8 Å². The summed E-state index contributed by atoms with van der Waals surface area (Å²) in [6.07, 6.45) is 1.11. The van der Waals surface area contributed by atoms with Crippen molar-refractivity contribution in [1.82, 2.24) is 4.90 Å². The standard InChI is InChI=1S/C28H39NO12/c1-5-18-19(7-6-16-10-17(25(34)35)12-29(11-16)8-9-30)20(26(36)37-4)14-38-27(18)41-28-24(39-15(2)3)23(33)22(32)21(13-31)40-28/h5-7,10,12,14-15,18-19,21-24,27-28,30-33H,1,8-9,11,13H2,2-4H3,(H,34,35). The molecule has 5 N–H and O–H groups in total. The van der Waals surface area contributed by atoms with E-state index in [2.05, 4.69) is 6.58 Å². The van der Waals surface area contributed by atoms with Crippen molar-refractivity contribution in [3.8, 4) is 0 Å². The number of aliphatic hydroxyl groups excluding tert-OH is 4. The Morgan fingerprint density at radius 3 is 2.54 bits per heavy atom. The average Bonchev–Trinajstić information content (AvgIpc) is 2.95. The van der Waals surface area contributed by atoms with E-state index >= 15 is 0 Å². The number of carboxylic acid groups (broad SMARTS) is 1. The molecular weight excluding hydrogens is 542 g/mol. The van der Waals surface area contributed by atoms with Gasteiger partial charge >= 0.3 is 11.9 Å². The van der Waals surface area contributed by atoms with Gasteiger partial charge in [-0.25, -0.2) is 9.59 Å². The predicted octanol–water partition coefficient (Wildman–Crippen LogP) is -0.174. The Labute approximate surface area is 238 Å². The zero-order valence-electron chi connectivity index (χ0n) is 23.2. The lowest BCUT2D eigenvalue weighted by Gasteiger charge is -2.44. The summed E-state index contributed by atoms with van der Waals surface area (Å²) in [4.78, 5) is 25.9. The minimum atomic E-state index is -1.44. The quantitative estimate of drug-likeness (QED) is 0.151. The number of aliphatic hydroxyl groups is 4. The average molecular weight is 582 g/mol. The number of esters is 1. The summed E-state index contributed by atoms with van der Waals surface area (Å²) >= 11 is 0. The lowest BCUT2D eigenvalue weighted by molar-refractivity contribution is -0.348. The molecule has 3 aliphatic rings. The number of hydrogen-bond acceptors (Lipinski definition) is 12. The van der Waals surface area contributed by atoms with Crippen LogP contribution in [0.1, 0.15) is 13.8 Å². The summed E-state index contributed by atoms with van der Waals surface area (Å²) in [6, 6.07) is 0. The van der Waals surface area contributed by atoms with E-state index in [4.69, 9.17) is 23.7 Å². The molecule has 13 nitrogen and oxygen atoms in total. The number of aliphatic carboxylic acids is 1. The van der Waals surface area contributed by atoms with Crippen LogP contribution >= 0.6 is 0 Å². The molecule has 41 heavy (non-hydrogen) atoms. The molecule has 8 atom stereocenters. The van der Waals surface area contributed by atoms with E-state index in [-0.39, 0.29) is 30.4 Å². The van der Waals surface area contributed by atoms with E-state index in [0.29, 0.717) is 12.1 Å². The van der Waals surface area contributed by atoms with Gasteiger partial charge in [-0.3, -0.25) is 0 Å². The lowest BCUT2D eigenvalue weighted by Crippen LogP contribution is -2.61. The summed E-state index contributed by atoms with van der Waals surface area (Å²) < 4.78 is 28.3. The van der Waals surface area contributed by atoms with E-state index in [1.807, 2.05) is 0 Å². The van der Waals surface area contributed by atoms with Crippen molar-refractivity contribution in [1.29, 1.82) is 0 Å². The molecule has 3 rings (SSSR count). The van der Waals surface area contributed by atoms with Crippen LogP contribution in [0.3, 0.4) is 0 Å². The Morgan fingerprint density at radius 2 is 1.95 bits per heavy atom. The van der Waals surface area contributed by atoms with E-state index in [0.717, 1.165) is 0 Å². The zero-order valence-corrected chi connectivity index (χ0v) is 23.2. The SMILES string of the molecule is C=CC1C(OC2OC(CO)C(O)C(O)C2OC(C)C)OC=C(C(=O)OC)C1C=CC1=CC(C(=O)O)=CN(CCO)C1. The largest absolute Gasteiger partial charge is 0.478 e. The van der Waals surface area contributed by atoms with E-state index in [1.165, 1.54) is 31.7 Å². The highest BCUT2D eigenvalue weighted by Crippen LogP contribution is 2.37. The summed E-state index contributed by atoms with van der Waals surface area (Å²) in [7, 11) is 1.22. The number of rotatable bonds is 12. The number of carbonyl (C=O) groups is 2. The molecule has 0 amide bonds. The second-order valence-corrected chi connectivity index (χ2v) is 10.1. The van der Waals surface area contributed by atoms with Crippen molar-refractivity contribution in [3.05, 3.63) is 60.1 Å². The first-order valence-corrected chi connectivity index (χ1v) is 13.2. The van der Waals surface area contributed by atoms with Gasteiger partial charge in [0.05, 0.1) is 49.8 Å². The van der Waals surface area contributed by atoms with Crippen LogP contribution in [0.5, 0.6) is 0 Å². The van der Waals surface area contributed by atoms with Gasteiger partial charge in [0.2, 0.25) is 6.29 Å². The summed E-state index contributed by atoms with van der Waals surface area (Å²) in [5, 5.41) is 49.6. The molecule has 0 spiro atoms. The van der Waals surface area contributed by atoms with Gasteiger partial charge < -0.3 is 54.1 Å². The molecule has 1 saturated heterocycles. The Balaban J connectivity index is 1.92. The number of carbonyl (C=O) groups excluding carboxylic acids is 1. The van der Waals surface area contributed by atoms with Crippen LogP contribution < -0.4 is 0 Å². The second kappa shape index (κ2) is 14.7. The van der Waals surface area contributed by atoms with E-state index in [1.54, 1.807) is 30.9 Å². The molecule has 0 aromatic carbocycles. The number of allylic oxidation sites excluding steroid dienone is 1. The monoisotopic (exact) mass is 581 g/mol. The fourth-order valence-corrected chi connectivity index (χ4v) is 4.83. The van der Waals surface area contributed by atoms with Crippen molar-refractivity contribution in [2.75, 3.05) is 33.4 Å². The normalized spacial score (nSPS) is 32.2. The molecule has 0 radical (unpaired) electrons. The van der Waals surface area contributed by atoms with Crippen molar-refractivity contribution in [2.24, 2.45) is 11.8 Å². The molecule has 3 aliphatic heterocycles. The van der Waals surface area contributed by atoms with Gasteiger partial charge in [0.25, 0.3) is 0 Å². The Bertz CT molecular complexity index is 1070. The van der Waals surface area contributed by atoms with Gasteiger partial charge in [-0.2, -0.15) is 0 Å². The number of hydrogen-bond donors (Lipinski definition) is 5. The molecule has 0 aliphatic carbocycles. The minimum Gasteiger partial charge on any atom is -0.478 e. The fraction of sp³-hybridized carbons (Fsp3) is 0.571. The highest BCUT2D eigenvalue weighted by atomic mass is 16.8. The van der Waals surface area contributed by atoms with Crippen LogP contribution in [0.2, 0.25) is 0 Å². The molecule has 3 heterocycles. The topological polar surface area (TPSA) is 185 Å². The van der Waals surface area contributed by atoms with Gasteiger partial charge in [-0.05, 0) is 25.5 Å². The van der Waals surface area contributed by atoms with Gasteiger partial charge in [-0.15, -0.1) is 6.58 Å². The molecule has 8 unspecified atom stereocenters. The molecule has 228 valence electrons. The predicted molar refractivity (Wildman–Crippen MR) is 143 cm³/mol. The van der Waals surface area contributed by atoms with Crippen LogP contribution in [0.15, 0.2) is 60.1 Å². The molecule has 0 aromatic rings. The maximum atomic E-state index is 12.6.